The Balaban J connectivity index is 2.22. The molecule has 1 heterocycles. The maximum absolute atomic E-state index is 6.77. The number of fused-ring (bicyclic) bond motifs is 1. The Bertz CT molecular complexity index is 958. The Kier molecular flexibility index (Phi) is 7.63. The number of benzene rings is 1. The lowest BCUT2D eigenvalue weighted by Gasteiger charge is -2.32. The van der Waals surface area contributed by atoms with E-state index in [1.54, 1.807) is 14.2 Å². The van der Waals surface area contributed by atoms with Crippen molar-refractivity contribution in [2.45, 2.75) is 38.4 Å². The van der Waals surface area contributed by atoms with Gasteiger partial charge >= 0.3 is 0 Å². The van der Waals surface area contributed by atoms with Crippen LogP contribution in [-0.4, -0.2) is 54.8 Å². The number of rotatable bonds is 8. The van der Waals surface area contributed by atoms with Gasteiger partial charge in [-0.25, -0.2) is 9.97 Å². The van der Waals surface area contributed by atoms with Gasteiger partial charge in [0, 0.05) is 44.9 Å². The zero-order valence-electron chi connectivity index (χ0n) is 19.2. The summed E-state index contributed by atoms with van der Waals surface area (Å²) in [4.78, 5) is 11.8. The van der Waals surface area contributed by atoms with E-state index in [0.29, 0.717) is 38.5 Å². The maximum atomic E-state index is 6.77. The molecule has 5 nitrogen and oxygen atoms in total. The number of aromatic nitrogens is 2. The van der Waals surface area contributed by atoms with E-state index in [9.17, 15) is 0 Å². The van der Waals surface area contributed by atoms with Crippen molar-refractivity contribution in [3.8, 4) is 0 Å². The van der Waals surface area contributed by atoms with Crippen LogP contribution >= 0.6 is 23.2 Å². The Morgan fingerprint density at radius 1 is 0.968 bits per heavy atom. The summed E-state index contributed by atoms with van der Waals surface area (Å²) in [5.74, 6) is 1.55. The van der Waals surface area contributed by atoms with E-state index >= 15 is 0 Å². The second kappa shape index (κ2) is 9.86. The van der Waals surface area contributed by atoms with Gasteiger partial charge in [-0.05, 0) is 50.5 Å². The smallest absolute Gasteiger partial charge is 0.141 e. The quantitative estimate of drug-likeness (QED) is 0.517. The van der Waals surface area contributed by atoms with E-state index in [2.05, 4.69) is 37.8 Å². The number of aryl methyl sites for hydroxylation is 4. The lowest BCUT2D eigenvalue weighted by atomic mass is 9.85. The molecule has 0 bridgehead atoms. The predicted octanol–water partition coefficient (Wildman–Crippen LogP) is 4.97. The summed E-state index contributed by atoms with van der Waals surface area (Å²) in [5.41, 5.74) is 7.52. The van der Waals surface area contributed by atoms with Crippen LogP contribution in [0.4, 0.5) is 5.82 Å². The van der Waals surface area contributed by atoms with Crippen LogP contribution in [0.1, 0.15) is 39.3 Å². The van der Waals surface area contributed by atoms with E-state index in [1.165, 1.54) is 16.7 Å². The van der Waals surface area contributed by atoms with Crippen LogP contribution in [-0.2, 0) is 15.9 Å². The van der Waals surface area contributed by atoms with E-state index in [4.69, 9.17) is 42.6 Å². The van der Waals surface area contributed by atoms with Gasteiger partial charge < -0.3 is 14.4 Å². The molecule has 0 atom stereocenters. The molecular formula is C24H31Cl2N3O2. The van der Waals surface area contributed by atoms with Gasteiger partial charge in [0.15, 0.2) is 0 Å². The first-order chi connectivity index (χ1) is 14.7. The molecule has 1 aliphatic carbocycles. The highest BCUT2D eigenvalue weighted by molar-refractivity contribution is 6.50. The van der Waals surface area contributed by atoms with Crippen molar-refractivity contribution in [2.24, 2.45) is 0 Å². The molecule has 168 valence electrons. The lowest BCUT2D eigenvalue weighted by molar-refractivity contribution is 0.190. The van der Waals surface area contributed by atoms with Crippen molar-refractivity contribution < 1.29 is 9.47 Å². The fourth-order valence-corrected chi connectivity index (χ4v) is 4.80. The highest BCUT2D eigenvalue weighted by Gasteiger charge is 2.35. The molecule has 1 aliphatic rings. The standard InChI is InChI=1S/C24H31Cl2N3O2/c1-15-11-16(2)21(17(3)12-15)19-13-24(25,26)14-20-22(19)27-18(4)28-23(20)29(7-9-30-5)8-10-31-6/h11-13H,7-10,14H2,1-6H3. The molecule has 1 aromatic heterocycles. The molecule has 31 heavy (non-hydrogen) atoms. The Labute approximate surface area is 195 Å². The van der Waals surface area contributed by atoms with Gasteiger partial charge in [-0.2, -0.15) is 0 Å². The predicted molar refractivity (Wildman–Crippen MR) is 129 cm³/mol. The van der Waals surface area contributed by atoms with Crippen LogP contribution in [0, 0.1) is 27.7 Å². The largest absolute Gasteiger partial charge is 0.383 e. The van der Waals surface area contributed by atoms with Gasteiger partial charge in [0.25, 0.3) is 0 Å². The fourth-order valence-electron chi connectivity index (χ4n) is 4.32. The SMILES string of the molecule is COCCN(CCOC)c1nc(C)nc2c1CC(Cl)(Cl)C=C2c1c(C)cc(C)cc1C. The van der Waals surface area contributed by atoms with Crippen LogP contribution in [0.25, 0.3) is 5.57 Å². The Hall–Kier alpha value is -1.66. The summed E-state index contributed by atoms with van der Waals surface area (Å²) in [6, 6.07) is 4.36. The Morgan fingerprint density at radius 2 is 1.55 bits per heavy atom. The minimum atomic E-state index is -1.05. The first-order valence-corrected chi connectivity index (χ1v) is 11.2. The molecule has 0 saturated carbocycles. The van der Waals surface area contributed by atoms with E-state index < -0.39 is 4.33 Å². The zero-order chi connectivity index (χ0) is 22.8. The van der Waals surface area contributed by atoms with E-state index in [0.717, 1.165) is 28.2 Å². The number of hydrogen-bond donors (Lipinski definition) is 0. The summed E-state index contributed by atoms with van der Waals surface area (Å²) in [7, 11) is 3.39. The van der Waals surface area contributed by atoms with Gasteiger partial charge in [0.2, 0.25) is 0 Å². The normalized spacial score (nSPS) is 14.9. The lowest BCUT2D eigenvalue weighted by Crippen LogP contribution is -2.34. The van der Waals surface area contributed by atoms with Crippen LogP contribution in [0.2, 0.25) is 0 Å². The summed E-state index contributed by atoms with van der Waals surface area (Å²) in [5, 5.41) is 0. The second-order valence-corrected chi connectivity index (χ2v) is 9.71. The molecule has 0 unspecified atom stereocenters. The van der Waals surface area contributed by atoms with E-state index in [1.807, 2.05) is 13.0 Å². The Morgan fingerprint density at radius 3 is 2.10 bits per heavy atom. The van der Waals surface area contributed by atoms with Gasteiger partial charge in [-0.3, -0.25) is 0 Å². The molecular weight excluding hydrogens is 433 g/mol. The van der Waals surface area contributed by atoms with Crippen LogP contribution in [0.5, 0.6) is 0 Å². The van der Waals surface area contributed by atoms with Crippen LogP contribution in [0.15, 0.2) is 18.2 Å². The monoisotopic (exact) mass is 463 g/mol. The highest BCUT2D eigenvalue weighted by Crippen LogP contribution is 2.44. The van der Waals surface area contributed by atoms with Crippen LogP contribution < -0.4 is 4.90 Å². The third-order valence-electron chi connectivity index (χ3n) is 5.50. The topological polar surface area (TPSA) is 47.5 Å². The molecule has 7 heteroatoms. The number of methoxy groups -OCH3 is 2. The number of halogens is 2. The summed E-state index contributed by atoms with van der Waals surface area (Å²) >= 11 is 13.5. The number of alkyl halides is 2. The molecule has 0 amide bonds. The minimum Gasteiger partial charge on any atom is -0.383 e. The van der Waals surface area contributed by atoms with Crippen molar-refractivity contribution in [2.75, 3.05) is 45.4 Å². The third kappa shape index (κ3) is 5.40. The van der Waals surface area contributed by atoms with Gasteiger partial charge in [-0.1, -0.05) is 40.9 Å². The number of anilines is 1. The van der Waals surface area contributed by atoms with Crippen molar-refractivity contribution in [1.82, 2.24) is 9.97 Å². The van der Waals surface area contributed by atoms with Gasteiger partial charge in [0.05, 0.1) is 18.9 Å². The third-order valence-corrected chi connectivity index (χ3v) is 5.98. The minimum absolute atomic E-state index is 0.435. The number of nitrogens with zero attached hydrogens (tertiary/aromatic N) is 3. The fraction of sp³-hybridized carbons (Fsp3) is 0.500. The highest BCUT2D eigenvalue weighted by atomic mass is 35.5. The average Bonchev–Trinajstić information content (AvgIpc) is 2.67. The van der Waals surface area contributed by atoms with E-state index in [-0.39, 0.29) is 0 Å². The summed E-state index contributed by atoms with van der Waals surface area (Å²) in [6.45, 7) is 10.8. The molecule has 0 fully saturated rings. The van der Waals surface area contributed by atoms with Gasteiger partial charge in [-0.15, -0.1) is 0 Å². The van der Waals surface area contributed by atoms with Crippen molar-refractivity contribution in [3.63, 3.8) is 0 Å². The molecule has 0 saturated heterocycles. The summed E-state index contributed by atoms with van der Waals surface area (Å²) < 4.78 is 9.62. The first-order valence-electron chi connectivity index (χ1n) is 10.5. The number of hydrogen-bond acceptors (Lipinski definition) is 5. The molecule has 0 radical (unpaired) electrons. The average molecular weight is 464 g/mol. The second-order valence-electron chi connectivity index (χ2n) is 8.16. The van der Waals surface area contributed by atoms with Crippen LogP contribution in [0.3, 0.4) is 0 Å². The van der Waals surface area contributed by atoms with Gasteiger partial charge in [0.1, 0.15) is 16.0 Å². The molecule has 1 aromatic carbocycles. The van der Waals surface area contributed by atoms with Crippen molar-refractivity contribution in [1.29, 1.82) is 0 Å². The summed E-state index contributed by atoms with van der Waals surface area (Å²) in [6.07, 6.45) is 2.37. The number of ether oxygens (including phenoxy) is 2. The zero-order valence-corrected chi connectivity index (χ0v) is 20.7. The molecule has 2 aromatic rings. The molecule has 0 N–H and O–H groups in total. The molecule has 0 spiro atoms. The molecule has 3 rings (SSSR count). The van der Waals surface area contributed by atoms with Crippen molar-refractivity contribution >= 4 is 34.6 Å². The first kappa shape index (κ1) is 24.0. The van der Waals surface area contributed by atoms with Crippen molar-refractivity contribution in [3.05, 3.63) is 57.5 Å². The molecule has 0 aliphatic heterocycles. The number of allylic oxidation sites excluding steroid dienone is 1. The maximum Gasteiger partial charge on any atom is 0.141 e.